The van der Waals surface area contributed by atoms with Crippen LogP contribution in [0.15, 0.2) is 42.5 Å². The first kappa shape index (κ1) is 21.5. The number of carbonyl (C=O) groups excluding carboxylic acids is 2. The number of hydrogen-bond acceptors (Lipinski definition) is 3. The first-order valence-electron chi connectivity index (χ1n) is 9.33. The number of ether oxygens (including phenoxy) is 1. The fourth-order valence-corrected chi connectivity index (χ4v) is 2.64. The second kappa shape index (κ2) is 8.05. The number of amides is 2. The van der Waals surface area contributed by atoms with Crippen molar-refractivity contribution in [1.82, 2.24) is 0 Å². The van der Waals surface area contributed by atoms with Crippen molar-refractivity contribution in [3.8, 4) is 5.75 Å². The molecular formula is C23H30N2O3. The largest absolute Gasteiger partial charge is 0.495 e. The highest BCUT2D eigenvalue weighted by atomic mass is 16.5. The van der Waals surface area contributed by atoms with Crippen LogP contribution < -0.4 is 15.4 Å². The Balaban J connectivity index is 2.13. The van der Waals surface area contributed by atoms with Gasteiger partial charge >= 0.3 is 0 Å². The van der Waals surface area contributed by atoms with Crippen molar-refractivity contribution in [1.29, 1.82) is 0 Å². The van der Waals surface area contributed by atoms with Crippen LogP contribution in [0.5, 0.6) is 5.75 Å². The Labute approximate surface area is 167 Å². The monoisotopic (exact) mass is 382 g/mol. The van der Waals surface area contributed by atoms with E-state index in [9.17, 15) is 9.59 Å². The summed E-state index contributed by atoms with van der Waals surface area (Å²) in [5, 5.41) is 5.65. The number of nitrogens with one attached hydrogen (secondary N) is 2. The minimum Gasteiger partial charge on any atom is -0.495 e. The van der Waals surface area contributed by atoms with Gasteiger partial charge in [0.1, 0.15) is 11.2 Å². The minimum absolute atomic E-state index is 0.0363. The molecule has 0 bridgehead atoms. The summed E-state index contributed by atoms with van der Waals surface area (Å²) < 4.78 is 5.29. The van der Waals surface area contributed by atoms with Crippen molar-refractivity contribution in [2.75, 3.05) is 17.7 Å². The zero-order valence-electron chi connectivity index (χ0n) is 17.8. The topological polar surface area (TPSA) is 67.4 Å². The maximum Gasteiger partial charge on any atom is 0.239 e. The highest BCUT2D eigenvalue weighted by molar-refractivity contribution is 6.14. The molecule has 0 atom stereocenters. The molecule has 0 heterocycles. The van der Waals surface area contributed by atoms with E-state index in [0.717, 1.165) is 5.56 Å². The Morgan fingerprint density at radius 2 is 1.43 bits per heavy atom. The van der Waals surface area contributed by atoms with Gasteiger partial charge in [0.05, 0.1) is 12.8 Å². The van der Waals surface area contributed by atoms with Crippen LogP contribution in [0.2, 0.25) is 0 Å². The van der Waals surface area contributed by atoms with Crippen LogP contribution in [-0.2, 0) is 15.0 Å². The molecule has 0 unspecified atom stereocenters. The Kier molecular flexibility index (Phi) is 6.17. The van der Waals surface area contributed by atoms with Gasteiger partial charge in [0.15, 0.2) is 0 Å². The summed E-state index contributed by atoms with van der Waals surface area (Å²) in [5.74, 6) is -0.228. The molecule has 2 amide bonds. The molecule has 0 aliphatic rings. The van der Waals surface area contributed by atoms with E-state index in [2.05, 4.69) is 31.4 Å². The molecule has 150 valence electrons. The molecule has 5 heteroatoms. The van der Waals surface area contributed by atoms with E-state index < -0.39 is 11.3 Å². The average molecular weight is 383 g/mol. The fraction of sp³-hybridized carbons (Fsp3) is 0.391. The highest BCUT2D eigenvalue weighted by Gasteiger charge is 2.36. The predicted molar refractivity (Wildman–Crippen MR) is 114 cm³/mol. The van der Waals surface area contributed by atoms with Crippen LogP contribution in [0.4, 0.5) is 11.4 Å². The van der Waals surface area contributed by atoms with E-state index in [-0.39, 0.29) is 11.3 Å². The van der Waals surface area contributed by atoms with E-state index in [1.54, 1.807) is 27.0 Å². The van der Waals surface area contributed by atoms with Crippen LogP contribution in [0.1, 0.15) is 45.7 Å². The van der Waals surface area contributed by atoms with Gasteiger partial charge in [0.2, 0.25) is 11.8 Å². The van der Waals surface area contributed by atoms with Gasteiger partial charge in [0, 0.05) is 5.69 Å². The Hall–Kier alpha value is -2.82. The number of methoxy groups -OCH3 is 1. The number of aryl methyl sites for hydroxylation is 1. The van der Waals surface area contributed by atoms with Crippen LogP contribution in [0.25, 0.3) is 0 Å². The molecule has 0 aromatic heterocycles. The molecule has 2 rings (SSSR count). The van der Waals surface area contributed by atoms with E-state index in [1.807, 2.05) is 43.3 Å². The third kappa shape index (κ3) is 4.91. The summed E-state index contributed by atoms with van der Waals surface area (Å²) in [5.41, 5.74) is 2.13. The summed E-state index contributed by atoms with van der Waals surface area (Å²) >= 11 is 0. The van der Waals surface area contributed by atoms with Gasteiger partial charge in [-0.15, -0.1) is 0 Å². The van der Waals surface area contributed by atoms with Crippen molar-refractivity contribution in [2.24, 2.45) is 5.41 Å². The molecule has 28 heavy (non-hydrogen) atoms. The molecular weight excluding hydrogens is 352 g/mol. The molecule has 5 nitrogen and oxygen atoms in total. The smallest absolute Gasteiger partial charge is 0.239 e. The van der Waals surface area contributed by atoms with Crippen LogP contribution in [-0.4, -0.2) is 18.9 Å². The van der Waals surface area contributed by atoms with Gasteiger partial charge in [-0.1, -0.05) is 39.0 Å². The lowest BCUT2D eigenvalue weighted by molar-refractivity contribution is -0.135. The number of carbonyl (C=O) groups is 2. The van der Waals surface area contributed by atoms with Crippen molar-refractivity contribution in [2.45, 2.75) is 47.0 Å². The first-order chi connectivity index (χ1) is 12.9. The first-order valence-corrected chi connectivity index (χ1v) is 9.33. The Morgan fingerprint density at radius 3 is 1.96 bits per heavy atom. The zero-order chi connectivity index (χ0) is 21.1. The zero-order valence-corrected chi connectivity index (χ0v) is 17.8. The number of benzene rings is 2. The number of anilines is 2. The van der Waals surface area contributed by atoms with Crippen molar-refractivity contribution in [3.63, 3.8) is 0 Å². The molecule has 2 aromatic carbocycles. The molecule has 2 N–H and O–H groups in total. The SMILES string of the molecule is COc1ccc(C)cc1NC(=O)C(C)(C)C(=O)Nc1ccc(C(C)(C)C)cc1. The van der Waals surface area contributed by atoms with E-state index >= 15 is 0 Å². The molecule has 0 aliphatic carbocycles. The molecule has 0 spiro atoms. The average Bonchev–Trinajstić information content (AvgIpc) is 2.61. The molecule has 0 radical (unpaired) electrons. The van der Waals surface area contributed by atoms with Crippen molar-refractivity contribution < 1.29 is 14.3 Å². The van der Waals surface area contributed by atoms with Gasteiger partial charge < -0.3 is 15.4 Å². The van der Waals surface area contributed by atoms with E-state index in [4.69, 9.17) is 4.74 Å². The molecule has 0 saturated heterocycles. The maximum absolute atomic E-state index is 12.8. The van der Waals surface area contributed by atoms with Crippen LogP contribution in [0.3, 0.4) is 0 Å². The fourth-order valence-electron chi connectivity index (χ4n) is 2.64. The summed E-state index contributed by atoms with van der Waals surface area (Å²) in [4.78, 5) is 25.6. The van der Waals surface area contributed by atoms with Gasteiger partial charge in [-0.2, -0.15) is 0 Å². The van der Waals surface area contributed by atoms with Crippen LogP contribution in [0, 0.1) is 12.3 Å². The lowest BCUT2D eigenvalue weighted by Crippen LogP contribution is -2.41. The molecule has 0 saturated carbocycles. The van der Waals surface area contributed by atoms with Gasteiger partial charge in [0.25, 0.3) is 0 Å². The van der Waals surface area contributed by atoms with Crippen molar-refractivity contribution in [3.05, 3.63) is 53.6 Å². The third-order valence-corrected chi connectivity index (χ3v) is 4.75. The van der Waals surface area contributed by atoms with E-state index in [0.29, 0.717) is 17.1 Å². The second-order valence-electron chi connectivity index (χ2n) is 8.56. The quantitative estimate of drug-likeness (QED) is 0.723. The Bertz CT molecular complexity index is 862. The number of rotatable bonds is 5. The summed E-state index contributed by atoms with van der Waals surface area (Å²) in [7, 11) is 1.54. The minimum atomic E-state index is -1.27. The normalized spacial score (nSPS) is 11.7. The van der Waals surface area contributed by atoms with Crippen molar-refractivity contribution >= 4 is 23.2 Å². The highest BCUT2D eigenvalue weighted by Crippen LogP contribution is 2.29. The standard InChI is InChI=1S/C23H30N2O3/c1-15-8-13-19(28-7)18(14-15)25-21(27)23(5,6)20(26)24-17-11-9-16(10-12-17)22(2,3)4/h8-14H,1-7H3,(H,24,26)(H,25,27). The second-order valence-corrected chi connectivity index (χ2v) is 8.56. The lowest BCUT2D eigenvalue weighted by atomic mass is 9.87. The molecule has 0 fully saturated rings. The maximum atomic E-state index is 12.8. The summed E-state index contributed by atoms with van der Waals surface area (Å²) in [6, 6.07) is 13.2. The lowest BCUT2D eigenvalue weighted by Gasteiger charge is -2.24. The van der Waals surface area contributed by atoms with Gasteiger partial charge in [-0.3, -0.25) is 9.59 Å². The van der Waals surface area contributed by atoms with E-state index in [1.165, 1.54) is 5.56 Å². The van der Waals surface area contributed by atoms with Crippen LogP contribution >= 0.6 is 0 Å². The Morgan fingerprint density at radius 1 is 0.857 bits per heavy atom. The van der Waals surface area contributed by atoms with Gasteiger partial charge in [-0.05, 0) is 61.6 Å². The third-order valence-electron chi connectivity index (χ3n) is 4.75. The molecule has 0 aliphatic heterocycles. The number of hydrogen-bond donors (Lipinski definition) is 2. The summed E-state index contributed by atoms with van der Waals surface area (Å²) in [6.45, 7) is 11.5. The van der Waals surface area contributed by atoms with Gasteiger partial charge in [-0.25, -0.2) is 0 Å². The summed E-state index contributed by atoms with van der Waals surface area (Å²) in [6.07, 6.45) is 0. The predicted octanol–water partition coefficient (Wildman–Crippen LogP) is 4.90. The molecule has 2 aromatic rings.